The molecule has 0 aliphatic rings. The fourth-order valence-electron chi connectivity index (χ4n) is 2.96. The SMILES string of the molecule is COc1ccc(/C=C(\C#N)C(=O)NCCc2ccccc2)c2ccccc12. The van der Waals surface area contributed by atoms with E-state index in [0.29, 0.717) is 6.54 Å². The number of amides is 1. The quantitative estimate of drug-likeness (QED) is 0.534. The summed E-state index contributed by atoms with van der Waals surface area (Å²) in [5.41, 5.74) is 2.03. The van der Waals surface area contributed by atoms with Gasteiger partial charge in [-0.15, -0.1) is 0 Å². The molecule has 0 bridgehead atoms. The van der Waals surface area contributed by atoms with Crippen LogP contribution in [0, 0.1) is 11.3 Å². The van der Waals surface area contributed by atoms with Crippen molar-refractivity contribution in [3.63, 3.8) is 0 Å². The molecule has 4 nitrogen and oxygen atoms in total. The van der Waals surface area contributed by atoms with E-state index in [9.17, 15) is 10.1 Å². The van der Waals surface area contributed by atoms with Gasteiger partial charge in [0.2, 0.25) is 0 Å². The monoisotopic (exact) mass is 356 g/mol. The minimum atomic E-state index is -0.367. The lowest BCUT2D eigenvalue weighted by atomic mass is 10.0. The number of ether oxygens (including phenoxy) is 1. The van der Waals surface area contributed by atoms with Crippen LogP contribution in [0.1, 0.15) is 11.1 Å². The summed E-state index contributed by atoms with van der Waals surface area (Å²) in [6.45, 7) is 0.477. The second kappa shape index (κ2) is 8.68. The molecular formula is C23H20N2O2. The highest BCUT2D eigenvalue weighted by molar-refractivity contribution is 6.04. The lowest BCUT2D eigenvalue weighted by Gasteiger charge is -2.09. The molecule has 0 fully saturated rings. The summed E-state index contributed by atoms with van der Waals surface area (Å²) in [4.78, 5) is 12.4. The Balaban J connectivity index is 1.79. The number of nitrogens with zero attached hydrogens (tertiary/aromatic N) is 1. The minimum absolute atomic E-state index is 0.0818. The second-order valence-electron chi connectivity index (χ2n) is 6.06. The van der Waals surface area contributed by atoms with Gasteiger partial charge in [0.15, 0.2) is 0 Å². The van der Waals surface area contributed by atoms with Crippen molar-refractivity contribution in [2.24, 2.45) is 0 Å². The van der Waals surface area contributed by atoms with E-state index in [1.165, 1.54) is 0 Å². The van der Waals surface area contributed by atoms with Gasteiger partial charge in [-0.3, -0.25) is 4.79 Å². The van der Waals surface area contributed by atoms with Crippen LogP contribution in [0.3, 0.4) is 0 Å². The smallest absolute Gasteiger partial charge is 0.261 e. The topological polar surface area (TPSA) is 62.1 Å². The summed E-state index contributed by atoms with van der Waals surface area (Å²) in [5.74, 6) is 0.391. The fraction of sp³-hybridized carbons (Fsp3) is 0.130. The summed E-state index contributed by atoms with van der Waals surface area (Å²) >= 11 is 0. The average Bonchev–Trinajstić information content (AvgIpc) is 2.72. The van der Waals surface area contributed by atoms with Crippen LogP contribution in [-0.4, -0.2) is 19.6 Å². The summed E-state index contributed by atoms with van der Waals surface area (Å²) < 4.78 is 5.39. The molecule has 0 unspecified atom stereocenters. The normalized spacial score (nSPS) is 11.0. The summed E-state index contributed by atoms with van der Waals surface area (Å²) in [6, 6.07) is 23.4. The largest absolute Gasteiger partial charge is 0.496 e. The molecule has 1 N–H and O–H groups in total. The van der Waals surface area contributed by atoms with Gasteiger partial charge in [0.25, 0.3) is 5.91 Å². The van der Waals surface area contributed by atoms with Crippen LogP contribution < -0.4 is 10.1 Å². The molecule has 27 heavy (non-hydrogen) atoms. The second-order valence-corrected chi connectivity index (χ2v) is 6.06. The molecule has 0 atom stereocenters. The molecule has 0 saturated heterocycles. The van der Waals surface area contributed by atoms with E-state index in [0.717, 1.165) is 34.1 Å². The van der Waals surface area contributed by atoms with Crippen molar-refractivity contribution in [2.45, 2.75) is 6.42 Å². The van der Waals surface area contributed by atoms with E-state index in [4.69, 9.17) is 4.74 Å². The van der Waals surface area contributed by atoms with Gasteiger partial charge in [-0.25, -0.2) is 0 Å². The lowest BCUT2D eigenvalue weighted by molar-refractivity contribution is -0.117. The number of nitriles is 1. The van der Waals surface area contributed by atoms with Gasteiger partial charge in [-0.2, -0.15) is 5.26 Å². The Morgan fingerprint density at radius 2 is 1.74 bits per heavy atom. The lowest BCUT2D eigenvalue weighted by Crippen LogP contribution is -2.26. The molecular weight excluding hydrogens is 336 g/mol. The van der Waals surface area contributed by atoms with Crippen LogP contribution in [0.4, 0.5) is 0 Å². The van der Waals surface area contributed by atoms with E-state index in [2.05, 4.69) is 5.32 Å². The molecule has 1 amide bonds. The fourth-order valence-corrected chi connectivity index (χ4v) is 2.96. The number of rotatable bonds is 6. The highest BCUT2D eigenvalue weighted by Gasteiger charge is 2.11. The molecule has 4 heteroatoms. The first kappa shape index (κ1) is 18.2. The summed E-state index contributed by atoms with van der Waals surface area (Å²) in [5, 5.41) is 14.1. The Bertz CT molecular complexity index is 1020. The van der Waals surface area contributed by atoms with Crippen molar-refractivity contribution >= 4 is 22.8 Å². The van der Waals surface area contributed by atoms with Crippen molar-refractivity contribution in [3.8, 4) is 11.8 Å². The Kier molecular flexibility index (Phi) is 5.86. The number of benzene rings is 3. The van der Waals surface area contributed by atoms with Crippen molar-refractivity contribution in [1.29, 1.82) is 5.26 Å². The number of methoxy groups -OCH3 is 1. The third kappa shape index (κ3) is 4.34. The maximum Gasteiger partial charge on any atom is 0.261 e. The predicted octanol–water partition coefficient (Wildman–Crippen LogP) is 4.11. The molecule has 0 aliphatic heterocycles. The third-order valence-corrected chi connectivity index (χ3v) is 4.34. The van der Waals surface area contributed by atoms with E-state index < -0.39 is 0 Å². The summed E-state index contributed by atoms with van der Waals surface area (Å²) in [7, 11) is 1.62. The highest BCUT2D eigenvalue weighted by Crippen LogP contribution is 2.29. The first-order chi connectivity index (χ1) is 13.2. The molecule has 0 aliphatic carbocycles. The number of carbonyl (C=O) groups is 1. The van der Waals surface area contributed by atoms with Crippen LogP contribution in [-0.2, 0) is 11.2 Å². The maximum atomic E-state index is 12.4. The maximum absolute atomic E-state index is 12.4. The minimum Gasteiger partial charge on any atom is -0.496 e. The van der Waals surface area contributed by atoms with E-state index >= 15 is 0 Å². The predicted molar refractivity (Wildman–Crippen MR) is 107 cm³/mol. The van der Waals surface area contributed by atoms with Crippen molar-refractivity contribution in [3.05, 3.63) is 83.4 Å². The van der Waals surface area contributed by atoms with Gasteiger partial charge in [0, 0.05) is 11.9 Å². The van der Waals surface area contributed by atoms with E-state index in [1.807, 2.05) is 72.8 Å². The van der Waals surface area contributed by atoms with Crippen LogP contribution in [0.15, 0.2) is 72.3 Å². The first-order valence-electron chi connectivity index (χ1n) is 8.72. The molecule has 3 aromatic carbocycles. The average molecular weight is 356 g/mol. The molecule has 0 radical (unpaired) electrons. The number of fused-ring (bicyclic) bond motifs is 1. The van der Waals surface area contributed by atoms with Crippen molar-refractivity contribution in [1.82, 2.24) is 5.32 Å². The molecule has 134 valence electrons. The van der Waals surface area contributed by atoms with Crippen LogP contribution in [0.5, 0.6) is 5.75 Å². The molecule has 0 saturated carbocycles. The third-order valence-electron chi connectivity index (χ3n) is 4.34. The van der Waals surface area contributed by atoms with Gasteiger partial charge < -0.3 is 10.1 Å². The molecule has 0 aromatic heterocycles. The molecule has 3 aromatic rings. The van der Waals surface area contributed by atoms with Gasteiger partial charge >= 0.3 is 0 Å². The standard InChI is InChI=1S/C23H20N2O2/c1-27-22-12-11-18(20-9-5-6-10-21(20)22)15-19(16-24)23(26)25-14-13-17-7-3-2-4-8-17/h2-12,15H,13-14H2,1H3,(H,25,26)/b19-15+. The molecule has 0 spiro atoms. The van der Waals surface area contributed by atoms with Crippen LogP contribution in [0.25, 0.3) is 16.8 Å². The van der Waals surface area contributed by atoms with E-state index in [1.54, 1.807) is 13.2 Å². The van der Waals surface area contributed by atoms with Gasteiger partial charge in [-0.1, -0.05) is 60.7 Å². The number of carbonyl (C=O) groups excluding carboxylic acids is 1. The van der Waals surface area contributed by atoms with Gasteiger partial charge in [-0.05, 0) is 35.1 Å². The summed E-state index contributed by atoms with van der Waals surface area (Å²) in [6.07, 6.45) is 2.34. The number of hydrogen-bond donors (Lipinski definition) is 1. The zero-order valence-corrected chi connectivity index (χ0v) is 15.1. The Morgan fingerprint density at radius 3 is 2.44 bits per heavy atom. The number of nitrogens with one attached hydrogen (secondary N) is 1. The van der Waals surface area contributed by atoms with Crippen LogP contribution in [0.2, 0.25) is 0 Å². The molecule has 0 heterocycles. The first-order valence-corrected chi connectivity index (χ1v) is 8.72. The van der Waals surface area contributed by atoms with E-state index in [-0.39, 0.29) is 11.5 Å². The number of hydrogen-bond acceptors (Lipinski definition) is 3. The van der Waals surface area contributed by atoms with Gasteiger partial charge in [0.05, 0.1) is 7.11 Å². The highest BCUT2D eigenvalue weighted by atomic mass is 16.5. The Morgan fingerprint density at radius 1 is 1.04 bits per heavy atom. The Hall–Kier alpha value is -3.58. The van der Waals surface area contributed by atoms with Crippen LogP contribution >= 0.6 is 0 Å². The molecule has 3 rings (SSSR count). The van der Waals surface area contributed by atoms with Crippen molar-refractivity contribution < 1.29 is 9.53 Å². The van der Waals surface area contributed by atoms with Gasteiger partial charge in [0.1, 0.15) is 17.4 Å². The Labute approximate surface area is 158 Å². The zero-order chi connectivity index (χ0) is 19.1. The zero-order valence-electron chi connectivity index (χ0n) is 15.1. The van der Waals surface area contributed by atoms with Crippen molar-refractivity contribution in [2.75, 3.05) is 13.7 Å².